The average Bonchev–Trinajstić information content (AvgIpc) is 3.29. The minimum absolute atomic E-state index is 0.104. The first kappa shape index (κ1) is 19.5. The predicted molar refractivity (Wildman–Crippen MR) is 112 cm³/mol. The van der Waals surface area contributed by atoms with Crippen molar-refractivity contribution in [3.05, 3.63) is 60.0 Å². The van der Waals surface area contributed by atoms with Crippen LogP contribution in [0.2, 0.25) is 0 Å². The van der Waals surface area contributed by atoms with E-state index in [-0.39, 0.29) is 5.91 Å². The molecule has 1 fully saturated rings. The van der Waals surface area contributed by atoms with Gasteiger partial charge in [0.15, 0.2) is 5.65 Å². The Morgan fingerprint density at radius 2 is 2.03 bits per heavy atom. The van der Waals surface area contributed by atoms with E-state index >= 15 is 0 Å². The van der Waals surface area contributed by atoms with Crippen LogP contribution < -0.4 is 0 Å². The number of hydrogen-bond donors (Lipinski definition) is 1. The molecule has 1 saturated heterocycles. The quantitative estimate of drug-likeness (QED) is 0.691. The van der Waals surface area contributed by atoms with E-state index in [9.17, 15) is 9.90 Å². The van der Waals surface area contributed by atoms with E-state index in [0.717, 1.165) is 18.6 Å². The van der Waals surface area contributed by atoms with Gasteiger partial charge in [-0.2, -0.15) is 0 Å². The molecule has 1 aromatic carbocycles. The van der Waals surface area contributed by atoms with Crippen LogP contribution in [0.5, 0.6) is 0 Å². The van der Waals surface area contributed by atoms with E-state index in [4.69, 9.17) is 0 Å². The maximum absolute atomic E-state index is 12.9. The Bertz CT molecular complexity index is 1000. The van der Waals surface area contributed by atoms with Crippen LogP contribution in [0.4, 0.5) is 0 Å². The normalized spacial score (nSPS) is 19.4. The minimum atomic E-state index is -0.851. The molecule has 7 nitrogen and oxygen atoms in total. The van der Waals surface area contributed by atoms with Crippen molar-refractivity contribution < 1.29 is 9.90 Å². The highest BCUT2D eigenvalue weighted by Crippen LogP contribution is 2.24. The fraction of sp³-hybridized carbons (Fsp3) is 0.409. The fourth-order valence-corrected chi connectivity index (χ4v) is 4.05. The Kier molecular flexibility index (Phi) is 5.34. The molecule has 1 aliphatic heterocycles. The van der Waals surface area contributed by atoms with Gasteiger partial charge in [0.2, 0.25) is 0 Å². The second kappa shape index (κ2) is 7.93. The van der Waals surface area contributed by atoms with Crippen molar-refractivity contribution in [3.8, 4) is 0 Å². The Hall–Kier alpha value is -2.77. The lowest BCUT2D eigenvalue weighted by molar-refractivity contribution is 0.0236. The first-order valence-corrected chi connectivity index (χ1v) is 9.95. The molecule has 3 heterocycles. The average molecular weight is 393 g/mol. The number of aryl methyl sites for hydroxylation is 2. The number of β-amino-alcohol motifs (C(OH)–C–C–N with tert-alkyl or cyclic N) is 1. The summed E-state index contributed by atoms with van der Waals surface area (Å²) in [7, 11) is 3.85. The number of nitrogens with zero attached hydrogens (tertiary/aromatic N) is 5. The molecule has 1 unspecified atom stereocenters. The van der Waals surface area contributed by atoms with Crippen LogP contribution in [0.15, 0.2) is 48.9 Å². The topological polar surface area (TPSA) is 74.5 Å². The standard InChI is InChI=1S/C22H27N5O2/c1-25(2)14-22(29)9-11-26(15-22)21(28)18-12-19-20(23-13-18)27(16-24-19)10-8-17-6-4-3-5-7-17/h3-7,12-13,16,29H,8-11,14-15H2,1-2H3. The van der Waals surface area contributed by atoms with E-state index in [2.05, 4.69) is 22.1 Å². The molecule has 0 aliphatic carbocycles. The number of pyridine rings is 1. The van der Waals surface area contributed by atoms with Gasteiger partial charge < -0.3 is 19.5 Å². The van der Waals surface area contributed by atoms with E-state index in [1.54, 1.807) is 23.5 Å². The SMILES string of the molecule is CN(C)CC1(O)CCN(C(=O)c2cnc3c(c2)ncn3CCc2ccccc2)C1. The first-order valence-electron chi connectivity index (χ1n) is 9.95. The Labute approximate surface area is 170 Å². The zero-order chi connectivity index (χ0) is 20.4. The van der Waals surface area contributed by atoms with Crippen molar-refractivity contribution in [1.82, 2.24) is 24.3 Å². The lowest BCUT2D eigenvalue weighted by Crippen LogP contribution is -2.43. The fourth-order valence-electron chi connectivity index (χ4n) is 4.05. The molecule has 29 heavy (non-hydrogen) atoms. The van der Waals surface area contributed by atoms with Gasteiger partial charge in [0, 0.05) is 25.8 Å². The molecule has 3 aromatic rings. The summed E-state index contributed by atoms with van der Waals surface area (Å²) in [5, 5.41) is 10.7. The molecule has 152 valence electrons. The van der Waals surface area contributed by atoms with Crippen LogP contribution in [0, 0.1) is 0 Å². The van der Waals surface area contributed by atoms with E-state index < -0.39 is 5.60 Å². The molecule has 0 saturated carbocycles. The third kappa shape index (κ3) is 4.31. The zero-order valence-corrected chi connectivity index (χ0v) is 17.0. The summed E-state index contributed by atoms with van der Waals surface area (Å²) in [5.41, 5.74) is 2.42. The van der Waals surface area contributed by atoms with Gasteiger partial charge in [0.05, 0.1) is 24.0 Å². The van der Waals surface area contributed by atoms with Crippen molar-refractivity contribution in [2.45, 2.75) is 25.0 Å². The van der Waals surface area contributed by atoms with E-state index in [0.29, 0.717) is 37.1 Å². The van der Waals surface area contributed by atoms with Crippen LogP contribution in [0.1, 0.15) is 22.3 Å². The summed E-state index contributed by atoms with van der Waals surface area (Å²) in [6.07, 6.45) is 4.88. The highest BCUT2D eigenvalue weighted by atomic mass is 16.3. The summed E-state index contributed by atoms with van der Waals surface area (Å²) in [4.78, 5) is 25.5. The minimum Gasteiger partial charge on any atom is -0.387 e. The smallest absolute Gasteiger partial charge is 0.255 e. The number of benzene rings is 1. The Balaban J connectivity index is 1.46. The summed E-state index contributed by atoms with van der Waals surface area (Å²) in [5.74, 6) is -0.104. The van der Waals surface area contributed by atoms with Gasteiger partial charge in [-0.25, -0.2) is 9.97 Å². The largest absolute Gasteiger partial charge is 0.387 e. The van der Waals surface area contributed by atoms with Crippen LogP contribution in [0.3, 0.4) is 0 Å². The van der Waals surface area contributed by atoms with E-state index in [1.807, 2.05) is 41.8 Å². The molecule has 1 atom stereocenters. The Morgan fingerprint density at radius 3 is 2.79 bits per heavy atom. The number of imidazole rings is 1. The lowest BCUT2D eigenvalue weighted by atomic mass is 10.0. The predicted octanol–water partition coefficient (Wildman–Crippen LogP) is 1.81. The molecule has 1 N–H and O–H groups in total. The van der Waals surface area contributed by atoms with Crippen LogP contribution in [0.25, 0.3) is 11.2 Å². The highest BCUT2D eigenvalue weighted by Gasteiger charge is 2.38. The lowest BCUT2D eigenvalue weighted by Gasteiger charge is -2.26. The van der Waals surface area contributed by atoms with Crippen molar-refractivity contribution in [1.29, 1.82) is 0 Å². The monoisotopic (exact) mass is 393 g/mol. The van der Waals surface area contributed by atoms with Crippen molar-refractivity contribution in [2.75, 3.05) is 33.7 Å². The van der Waals surface area contributed by atoms with Gasteiger partial charge in [0.25, 0.3) is 5.91 Å². The second-order valence-corrected chi connectivity index (χ2v) is 8.18. The highest BCUT2D eigenvalue weighted by molar-refractivity contribution is 5.96. The van der Waals surface area contributed by atoms with Crippen molar-refractivity contribution in [2.24, 2.45) is 0 Å². The maximum atomic E-state index is 12.9. The van der Waals surface area contributed by atoms with E-state index in [1.165, 1.54) is 5.56 Å². The van der Waals surface area contributed by atoms with Gasteiger partial charge in [-0.1, -0.05) is 30.3 Å². The molecule has 1 amide bonds. The number of likely N-dealkylation sites (tertiary alicyclic amines) is 1. The van der Waals surface area contributed by atoms with Gasteiger partial charge in [0.1, 0.15) is 5.52 Å². The molecular weight excluding hydrogens is 366 g/mol. The number of aromatic nitrogens is 3. The maximum Gasteiger partial charge on any atom is 0.255 e. The Morgan fingerprint density at radius 1 is 1.24 bits per heavy atom. The third-order valence-electron chi connectivity index (χ3n) is 5.42. The van der Waals surface area contributed by atoms with Gasteiger partial charge in [-0.3, -0.25) is 4.79 Å². The summed E-state index contributed by atoms with van der Waals surface area (Å²) in [6, 6.07) is 12.1. The van der Waals surface area contributed by atoms with Crippen LogP contribution in [-0.2, 0) is 13.0 Å². The molecule has 0 radical (unpaired) electrons. The molecule has 0 bridgehead atoms. The summed E-state index contributed by atoms with van der Waals surface area (Å²) in [6.45, 7) is 2.21. The van der Waals surface area contributed by atoms with Gasteiger partial charge >= 0.3 is 0 Å². The molecule has 1 aliphatic rings. The number of carbonyl (C=O) groups is 1. The number of likely N-dealkylation sites (N-methyl/N-ethyl adjacent to an activating group) is 1. The second-order valence-electron chi connectivity index (χ2n) is 8.18. The van der Waals surface area contributed by atoms with Crippen molar-refractivity contribution in [3.63, 3.8) is 0 Å². The number of aliphatic hydroxyl groups is 1. The van der Waals surface area contributed by atoms with Gasteiger partial charge in [-0.05, 0) is 38.6 Å². The molecular formula is C22H27N5O2. The number of amides is 1. The molecule has 4 rings (SSSR count). The molecule has 2 aromatic heterocycles. The molecule has 7 heteroatoms. The number of carbonyl (C=O) groups excluding carboxylic acids is 1. The van der Waals surface area contributed by atoms with Crippen LogP contribution >= 0.6 is 0 Å². The summed E-state index contributed by atoms with van der Waals surface area (Å²) < 4.78 is 2.02. The zero-order valence-electron chi connectivity index (χ0n) is 17.0. The van der Waals surface area contributed by atoms with Crippen molar-refractivity contribution >= 4 is 17.1 Å². The first-order chi connectivity index (χ1) is 13.9. The van der Waals surface area contributed by atoms with Gasteiger partial charge in [-0.15, -0.1) is 0 Å². The number of rotatable bonds is 6. The molecule has 0 spiro atoms. The number of hydrogen-bond acceptors (Lipinski definition) is 5. The third-order valence-corrected chi connectivity index (χ3v) is 5.42. The van der Waals surface area contributed by atoms with Crippen LogP contribution in [-0.4, -0.2) is 74.7 Å². The number of fused-ring (bicyclic) bond motifs is 1. The summed E-state index contributed by atoms with van der Waals surface area (Å²) >= 11 is 0.